The summed E-state index contributed by atoms with van der Waals surface area (Å²) < 4.78 is 29.8. The van der Waals surface area contributed by atoms with E-state index in [0.717, 1.165) is 23.6 Å². The van der Waals surface area contributed by atoms with Crippen LogP contribution in [0.5, 0.6) is 0 Å². The maximum Gasteiger partial charge on any atom is 0.341 e. The Labute approximate surface area is 148 Å². The molecule has 1 aromatic rings. The summed E-state index contributed by atoms with van der Waals surface area (Å²) in [5.41, 5.74) is 5.51. The lowest BCUT2D eigenvalue weighted by atomic mass is 10.2. The number of pyridine rings is 1. The van der Waals surface area contributed by atoms with Gasteiger partial charge in [-0.3, -0.25) is 5.41 Å². The summed E-state index contributed by atoms with van der Waals surface area (Å²) in [5, 5.41) is 7.38. The first-order valence-electron chi connectivity index (χ1n) is 7.15. The Hall–Kier alpha value is -1.61. The molecule has 0 saturated carbocycles. The molecule has 0 unspecified atom stereocenters. The molecule has 0 aliphatic rings. The van der Waals surface area contributed by atoms with Crippen LogP contribution in [-0.4, -0.2) is 41.6 Å². The summed E-state index contributed by atoms with van der Waals surface area (Å²) in [6, 6.07) is 5.28. The zero-order valence-corrected chi connectivity index (χ0v) is 14.8. The minimum Gasteiger partial charge on any atom is -0.484 e. The average Bonchev–Trinajstić information content (AvgIpc) is 2.52. The molecular formula is C14H20ClF2N5OS. The van der Waals surface area contributed by atoms with Gasteiger partial charge in [0.2, 0.25) is 0 Å². The molecule has 134 valence electrons. The van der Waals surface area contributed by atoms with Crippen LogP contribution in [0.15, 0.2) is 28.2 Å². The predicted octanol–water partition coefficient (Wildman–Crippen LogP) is 3.53. The first-order chi connectivity index (χ1) is 11.3. The zero-order chi connectivity index (χ0) is 18.0. The maximum absolute atomic E-state index is 12.5. The fourth-order valence-electron chi connectivity index (χ4n) is 1.58. The standard InChI is InChI=1S/C14H20ClF2N5OS/c1-23-10(18)5-2-3-8-24-12-7-4-6-11(21-12)22-13(19)20-9-14(15,16)17/h4,6-7,18H,2-3,5,8-9H2,1H3,(H3,19,20,21,22). The van der Waals surface area contributed by atoms with Crippen LogP contribution >= 0.6 is 23.4 Å². The normalized spacial score (nSPS) is 12.1. The van der Waals surface area contributed by atoms with Crippen molar-refractivity contribution in [1.29, 1.82) is 5.41 Å². The Balaban J connectivity index is 2.42. The summed E-state index contributed by atoms with van der Waals surface area (Å²) in [6.45, 7) is -0.904. The number of aliphatic imine (C=N–C) groups is 1. The highest BCUT2D eigenvalue weighted by Crippen LogP contribution is 2.20. The van der Waals surface area contributed by atoms with Gasteiger partial charge >= 0.3 is 5.38 Å². The number of ether oxygens (including phenoxy) is 1. The largest absolute Gasteiger partial charge is 0.484 e. The quantitative estimate of drug-likeness (QED) is 0.200. The lowest BCUT2D eigenvalue weighted by molar-refractivity contribution is 0.107. The SMILES string of the molecule is COC(=N)CCCCSc1cccc(NC(N)=NCC(F)(F)Cl)n1. The van der Waals surface area contributed by atoms with Crippen molar-refractivity contribution in [2.75, 3.05) is 24.7 Å². The Morgan fingerprint density at radius 1 is 1.50 bits per heavy atom. The van der Waals surface area contributed by atoms with Crippen molar-refractivity contribution in [3.05, 3.63) is 18.2 Å². The minimum atomic E-state index is -3.42. The molecule has 0 aliphatic carbocycles. The van der Waals surface area contributed by atoms with Crippen LogP contribution in [0.2, 0.25) is 0 Å². The van der Waals surface area contributed by atoms with Gasteiger partial charge < -0.3 is 15.8 Å². The molecule has 1 aromatic heterocycles. The molecule has 0 saturated heterocycles. The topological polar surface area (TPSA) is 96.4 Å². The summed E-state index contributed by atoms with van der Waals surface area (Å²) in [7, 11) is 1.49. The molecule has 10 heteroatoms. The van der Waals surface area contributed by atoms with Crippen molar-refractivity contribution in [3.8, 4) is 0 Å². The number of nitrogens with two attached hydrogens (primary N) is 1. The van der Waals surface area contributed by atoms with Gasteiger partial charge in [-0.05, 0) is 42.3 Å². The van der Waals surface area contributed by atoms with E-state index in [1.54, 1.807) is 23.9 Å². The van der Waals surface area contributed by atoms with Crippen molar-refractivity contribution in [3.63, 3.8) is 0 Å². The molecule has 0 fully saturated rings. The second kappa shape index (κ2) is 10.3. The molecule has 4 N–H and O–H groups in total. The summed E-state index contributed by atoms with van der Waals surface area (Å²) in [4.78, 5) is 7.76. The van der Waals surface area contributed by atoms with Crippen molar-refractivity contribution in [1.82, 2.24) is 4.98 Å². The number of aromatic nitrogens is 1. The van der Waals surface area contributed by atoms with Crippen LogP contribution in [0, 0.1) is 5.41 Å². The second-order valence-corrected chi connectivity index (χ2v) is 6.40. The fraction of sp³-hybridized carbons (Fsp3) is 0.500. The summed E-state index contributed by atoms with van der Waals surface area (Å²) >= 11 is 6.31. The number of alkyl halides is 3. The molecule has 24 heavy (non-hydrogen) atoms. The minimum absolute atomic E-state index is 0.178. The first-order valence-corrected chi connectivity index (χ1v) is 8.51. The third-order valence-corrected chi connectivity index (χ3v) is 3.84. The number of anilines is 1. The highest BCUT2D eigenvalue weighted by molar-refractivity contribution is 7.99. The highest BCUT2D eigenvalue weighted by Gasteiger charge is 2.23. The van der Waals surface area contributed by atoms with E-state index in [2.05, 4.69) is 15.3 Å². The molecule has 6 nitrogen and oxygen atoms in total. The van der Waals surface area contributed by atoms with Gasteiger partial charge in [0.1, 0.15) is 12.4 Å². The van der Waals surface area contributed by atoms with Gasteiger partial charge in [0.05, 0.1) is 12.1 Å². The predicted molar refractivity (Wildman–Crippen MR) is 94.5 cm³/mol. The number of hydrogen-bond donors (Lipinski definition) is 3. The number of guanidine groups is 1. The number of rotatable bonds is 9. The molecule has 1 rings (SSSR count). The van der Waals surface area contributed by atoms with Crippen LogP contribution in [0.3, 0.4) is 0 Å². The van der Waals surface area contributed by atoms with Crippen molar-refractivity contribution in [2.45, 2.75) is 29.7 Å². The molecular weight excluding hydrogens is 360 g/mol. The van der Waals surface area contributed by atoms with Gasteiger partial charge in [-0.25, -0.2) is 9.98 Å². The summed E-state index contributed by atoms with van der Waals surface area (Å²) in [5.74, 6) is 1.36. The van der Waals surface area contributed by atoms with Crippen LogP contribution in [-0.2, 0) is 4.74 Å². The number of nitrogens with zero attached hydrogens (tertiary/aromatic N) is 2. The molecule has 0 spiro atoms. The Bertz CT molecular complexity index is 568. The molecule has 0 aromatic carbocycles. The molecule has 0 bridgehead atoms. The van der Waals surface area contributed by atoms with Crippen LogP contribution in [0.25, 0.3) is 0 Å². The van der Waals surface area contributed by atoms with Crippen molar-refractivity contribution < 1.29 is 13.5 Å². The van der Waals surface area contributed by atoms with E-state index in [0.29, 0.717) is 12.2 Å². The molecule has 1 heterocycles. The van der Waals surface area contributed by atoms with Gasteiger partial charge in [0.25, 0.3) is 0 Å². The molecule has 0 radical (unpaired) electrons. The van der Waals surface area contributed by atoms with Crippen LogP contribution in [0.1, 0.15) is 19.3 Å². The smallest absolute Gasteiger partial charge is 0.341 e. The maximum atomic E-state index is 12.5. The van der Waals surface area contributed by atoms with E-state index >= 15 is 0 Å². The third kappa shape index (κ3) is 9.51. The second-order valence-electron chi connectivity index (χ2n) is 4.74. The lowest BCUT2D eigenvalue weighted by Gasteiger charge is -2.08. The Morgan fingerprint density at radius 3 is 2.92 bits per heavy atom. The fourth-order valence-corrected chi connectivity index (χ4v) is 2.53. The number of hydrogen-bond acceptors (Lipinski definition) is 5. The zero-order valence-electron chi connectivity index (χ0n) is 13.2. The number of halogens is 3. The number of thioether (sulfide) groups is 1. The highest BCUT2D eigenvalue weighted by atomic mass is 35.5. The van der Waals surface area contributed by atoms with Gasteiger partial charge in [0.15, 0.2) is 11.9 Å². The molecule has 0 aliphatic heterocycles. The summed E-state index contributed by atoms with van der Waals surface area (Å²) in [6.07, 6.45) is 2.40. The van der Waals surface area contributed by atoms with Gasteiger partial charge in [-0.2, -0.15) is 8.78 Å². The molecule has 0 atom stereocenters. The van der Waals surface area contributed by atoms with Gasteiger partial charge in [-0.15, -0.1) is 11.8 Å². The van der Waals surface area contributed by atoms with E-state index in [-0.39, 0.29) is 11.9 Å². The monoisotopic (exact) mass is 379 g/mol. The Morgan fingerprint density at radius 2 is 2.25 bits per heavy atom. The number of unbranched alkanes of at least 4 members (excludes halogenated alkanes) is 1. The van der Waals surface area contributed by atoms with E-state index in [1.165, 1.54) is 7.11 Å². The van der Waals surface area contributed by atoms with E-state index in [4.69, 9.17) is 27.5 Å². The average molecular weight is 380 g/mol. The van der Waals surface area contributed by atoms with Crippen LogP contribution in [0.4, 0.5) is 14.6 Å². The Kier molecular flexibility index (Phi) is 8.77. The number of methoxy groups -OCH3 is 1. The van der Waals surface area contributed by atoms with E-state index < -0.39 is 11.9 Å². The first kappa shape index (κ1) is 20.4. The molecule has 0 amide bonds. The lowest BCUT2D eigenvalue weighted by Crippen LogP contribution is -2.25. The van der Waals surface area contributed by atoms with Crippen LogP contribution < -0.4 is 11.1 Å². The van der Waals surface area contributed by atoms with Gasteiger partial charge in [-0.1, -0.05) is 6.07 Å². The van der Waals surface area contributed by atoms with E-state index in [9.17, 15) is 8.78 Å². The number of nitrogens with one attached hydrogen (secondary N) is 2. The van der Waals surface area contributed by atoms with Crippen molar-refractivity contribution in [2.24, 2.45) is 10.7 Å². The third-order valence-electron chi connectivity index (χ3n) is 2.70. The van der Waals surface area contributed by atoms with Gasteiger partial charge in [0, 0.05) is 6.42 Å². The van der Waals surface area contributed by atoms with E-state index in [1.807, 2.05) is 6.07 Å². The van der Waals surface area contributed by atoms with Crippen molar-refractivity contribution >= 4 is 41.0 Å².